The van der Waals surface area contributed by atoms with Gasteiger partial charge in [0.1, 0.15) is 17.7 Å². The van der Waals surface area contributed by atoms with Crippen LogP contribution < -0.4 is 15.8 Å². The van der Waals surface area contributed by atoms with Crippen molar-refractivity contribution < 1.29 is 24.2 Å². The molecule has 2 saturated carbocycles. The van der Waals surface area contributed by atoms with E-state index in [1.165, 1.54) is 4.90 Å². The Labute approximate surface area is 155 Å². The van der Waals surface area contributed by atoms with E-state index in [-0.39, 0.29) is 54.0 Å². The van der Waals surface area contributed by atoms with E-state index in [2.05, 4.69) is 10.3 Å². The third kappa shape index (κ3) is 3.01. The van der Waals surface area contributed by atoms with Crippen LogP contribution in [-0.4, -0.2) is 57.6 Å². The number of urea groups is 1. The largest absolute Gasteiger partial charge is 0.474 e. The van der Waals surface area contributed by atoms with E-state index in [4.69, 9.17) is 15.6 Å². The van der Waals surface area contributed by atoms with Crippen LogP contribution in [0.5, 0.6) is 5.88 Å². The summed E-state index contributed by atoms with van der Waals surface area (Å²) >= 11 is 0. The maximum Gasteiger partial charge on any atom is 0.325 e. The van der Waals surface area contributed by atoms with Crippen molar-refractivity contribution >= 4 is 17.8 Å². The molecule has 1 saturated heterocycles. The first-order valence-electron chi connectivity index (χ1n) is 9.08. The molecule has 1 aliphatic heterocycles. The van der Waals surface area contributed by atoms with Crippen molar-refractivity contribution in [2.45, 2.75) is 50.3 Å². The van der Waals surface area contributed by atoms with Crippen molar-refractivity contribution in [3.05, 3.63) is 23.9 Å². The molecule has 3 fully saturated rings. The molecule has 9 heteroatoms. The summed E-state index contributed by atoms with van der Waals surface area (Å²) in [5.41, 5.74) is 5.68. The highest BCUT2D eigenvalue weighted by Crippen LogP contribution is 2.58. The minimum absolute atomic E-state index is 0.0517. The lowest BCUT2D eigenvalue weighted by molar-refractivity contribution is -0.141. The quantitative estimate of drug-likeness (QED) is 0.608. The van der Waals surface area contributed by atoms with Gasteiger partial charge in [-0.3, -0.25) is 14.5 Å². The average Bonchev–Trinajstić information content (AvgIpc) is 2.83. The minimum Gasteiger partial charge on any atom is -0.474 e. The molecule has 1 atom stereocenters. The molecule has 9 nitrogen and oxygen atoms in total. The molecule has 4 N–H and O–H groups in total. The molecule has 1 spiro atoms. The number of carbonyl (C=O) groups is 3. The van der Waals surface area contributed by atoms with E-state index in [1.54, 1.807) is 18.3 Å². The fraction of sp³-hybridized carbons (Fsp3) is 0.556. The van der Waals surface area contributed by atoms with Crippen molar-refractivity contribution in [2.75, 3.05) is 6.61 Å². The van der Waals surface area contributed by atoms with Gasteiger partial charge < -0.3 is 20.9 Å². The molecule has 2 heterocycles. The van der Waals surface area contributed by atoms with Crippen molar-refractivity contribution in [2.24, 2.45) is 11.1 Å². The summed E-state index contributed by atoms with van der Waals surface area (Å²) in [5.74, 6) is -0.575. The Bertz CT molecular complexity index is 784. The normalized spacial score (nSPS) is 32.0. The summed E-state index contributed by atoms with van der Waals surface area (Å²) < 4.78 is 5.83. The van der Waals surface area contributed by atoms with Crippen molar-refractivity contribution in [3.8, 4) is 5.88 Å². The Morgan fingerprint density at radius 2 is 2.11 bits per heavy atom. The van der Waals surface area contributed by atoms with Gasteiger partial charge in [0, 0.05) is 18.8 Å². The van der Waals surface area contributed by atoms with Gasteiger partial charge in [-0.2, -0.15) is 0 Å². The number of aliphatic hydroxyl groups is 1. The van der Waals surface area contributed by atoms with Crippen molar-refractivity contribution in [1.82, 2.24) is 15.2 Å². The Balaban J connectivity index is 1.31. The van der Waals surface area contributed by atoms with E-state index >= 15 is 0 Å². The first-order chi connectivity index (χ1) is 12.9. The molecule has 4 amide bonds. The van der Waals surface area contributed by atoms with Crippen LogP contribution in [-0.2, 0) is 4.79 Å². The second kappa shape index (κ2) is 6.49. The van der Waals surface area contributed by atoms with Gasteiger partial charge in [-0.15, -0.1) is 0 Å². The van der Waals surface area contributed by atoms with Crippen LogP contribution in [0.25, 0.3) is 0 Å². The first kappa shape index (κ1) is 17.7. The smallest absolute Gasteiger partial charge is 0.325 e. The van der Waals surface area contributed by atoms with E-state index in [0.29, 0.717) is 0 Å². The van der Waals surface area contributed by atoms with Gasteiger partial charge in [0.05, 0.1) is 0 Å². The van der Waals surface area contributed by atoms with Gasteiger partial charge >= 0.3 is 6.03 Å². The Morgan fingerprint density at radius 1 is 1.37 bits per heavy atom. The molecule has 1 aromatic heterocycles. The standard InChI is InChI=1S/C18H22N4O5/c19-14(24)12-2-1-4-20-15(12)27-11-8-18(9-11)6-10(7-18)22-16(25)13(3-5-23)21-17(22)26/h1-2,4,10-11,13,23H,3,5-9H2,(H2,19,24)(H,21,26)/t10-,11-,13?,18?. The van der Waals surface area contributed by atoms with Crippen LogP contribution in [0.2, 0.25) is 0 Å². The predicted octanol–water partition coefficient (Wildman–Crippen LogP) is 0.173. The highest BCUT2D eigenvalue weighted by Gasteiger charge is 2.58. The SMILES string of the molecule is NC(=O)c1cccnc1O[C@H]1CC2(C1)C[C@H](N1C(=O)NC(CCO)C1=O)C2. The number of rotatable bonds is 6. The molecule has 4 rings (SSSR count). The Kier molecular flexibility index (Phi) is 4.26. The number of aromatic nitrogens is 1. The second-order valence-electron chi connectivity index (χ2n) is 7.65. The van der Waals surface area contributed by atoms with Crippen molar-refractivity contribution in [3.63, 3.8) is 0 Å². The van der Waals surface area contributed by atoms with Gasteiger partial charge in [-0.25, -0.2) is 9.78 Å². The maximum atomic E-state index is 12.3. The zero-order valence-electron chi connectivity index (χ0n) is 14.8. The third-order valence-corrected chi connectivity index (χ3v) is 5.81. The lowest BCUT2D eigenvalue weighted by Gasteiger charge is -2.58. The van der Waals surface area contributed by atoms with Gasteiger partial charge in [-0.1, -0.05) is 0 Å². The van der Waals surface area contributed by atoms with Crippen LogP contribution in [0.3, 0.4) is 0 Å². The van der Waals surface area contributed by atoms with E-state index in [1.807, 2.05) is 0 Å². The number of carbonyl (C=O) groups excluding carboxylic acids is 3. The monoisotopic (exact) mass is 374 g/mol. The number of hydrogen-bond donors (Lipinski definition) is 3. The molecule has 0 aromatic carbocycles. The van der Waals surface area contributed by atoms with Crippen LogP contribution in [0.4, 0.5) is 4.79 Å². The van der Waals surface area contributed by atoms with Crippen LogP contribution in [0, 0.1) is 5.41 Å². The summed E-state index contributed by atoms with van der Waals surface area (Å²) in [6.45, 7) is -0.140. The topological polar surface area (TPSA) is 135 Å². The third-order valence-electron chi connectivity index (χ3n) is 5.81. The summed E-state index contributed by atoms with van der Waals surface area (Å²) in [6.07, 6.45) is 4.83. The van der Waals surface area contributed by atoms with Crippen molar-refractivity contribution in [1.29, 1.82) is 0 Å². The lowest BCUT2D eigenvalue weighted by atomic mass is 9.52. The van der Waals surface area contributed by atoms with Gasteiger partial charge in [0.15, 0.2) is 0 Å². The molecule has 144 valence electrons. The lowest BCUT2D eigenvalue weighted by Crippen LogP contribution is -2.60. The zero-order valence-corrected chi connectivity index (χ0v) is 14.8. The molecule has 2 aliphatic carbocycles. The number of primary amides is 1. The first-order valence-corrected chi connectivity index (χ1v) is 9.08. The molecule has 3 aliphatic rings. The summed E-state index contributed by atoms with van der Waals surface area (Å²) in [6, 6.07) is 2.13. The highest BCUT2D eigenvalue weighted by atomic mass is 16.5. The average molecular weight is 374 g/mol. The maximum absolute atomic E-state index is 12.3. The number of pyridine rings is 1. The highest BCUT2D eigenvalue weighted by molar-refractivity contribution is 6.04. The van der Waals surface area contributed by atoms with Gasteiger partial charge in [0.2, 0.25) is 5.88 Å². The molecular formula is C18H22N4O5. The molecule has 0 radical (unpaired) electrons. The summed E-state index contributed by atoms with van der Waals surface area (Å²) in [7, 11) is 0. The van der Waals surface area contributed by atoms with Gasteiger partial charge in [0.25, 0.3) is 11.8 Å². The summed E-state index contributed by atoms with van der Waals surface area (Å²) in [5, 5.41) is 11.6. The molecule has 1 aromatic rings. The number of aliphatic hydroxyl groups excluding tert-OH is 1. The Hall–Kier alpha value is -2.68. The fourth-order valence-electron chi connectivity index (χ4n) is 4.49. The van der Waals surface area contributed by atoms with E-state index < -0.39 is 11.9 Å². The Morgan fingerprint density at radius 3 is 2.78 bits per heavy atom. The number of ether oxygens (including phenoxy) is 1. The fourth-order valence-corrected chi connectivity index (χ4v) is 4.49. The molecule has 0 bridgehead atoms. The van der Waals surface area contributed by atoms with E-state index in [9.17, 15) is 14.4 Å². The van der Waals surface area contributed by atoms with Gasteiger partial charge in [-0.05, 0) is 49.7 Å². The van der Waals surface area contributed by atoms with E-state index in [0.717, 1.165) is 25.7 Å². The number of imide groups is 1. The van der Waals surface area contributed by atoms with Crippen LogP contribution >= 0.6 is 0 Å². The number of nitrogens with one attached hydrogen (secondary N) is 1. The number of nitrogens with zero attached hydrogens (tertiary/aromatic N) is 2. The number of hydrogen-bond acceptors (Lipinski definition) is 6. The molecular weight excluding hydrogens is 352 g/mol. The predicted molar refractivity (Wildman–Crippen MR) is 92.7 cm³/mol. The number of nitrogens with two attached hydrogens (primary N) is 1. The zero-order chi connectivity index (χ0) is 19.2. The van der Waals surface area contributed by atoms with Crippen LogP contribution in [0.15, 0.2) is 18.3 Å². The summed E-state index contributed by atoms with van der Waals surface area (Å²) in [4.78, 5) is 41.2. The minimum atomic E-state index is -0.618. The second-order valence-corrected chi connectivity index (χ2v) is 7.65. The number of amides is 4. The molecule has 27 heavy (non-hydrogen) atoms. The molecule has 1 unspecified atom stereocenters. The van der Waals surface area contributed by atoms with Crippen LogP contribution in [0.1, 0.15) is 42.5 Å².